The molecule has 0 aliphatic heterocycles. The van der Waals surface area contributed by atoms with Gasteiger partial charge < -0.3 is 20.3 Å². The molecule has 3 N–H and O–H groups in total. The Morgan fingerprint density at radius 1 is 0.372 bits per heavy atom. The number of hydrogen-bond donors (Lipinski definition) is 3. The highest BCUT2D eigenvalue weighted by Gasteiger charge is 2.18. The topological polar surface area (TPSA) is 95.9 Å². The molecule has 0 rings (SSSR count). The lowest BCUT2D eigenvalue weighted by atomic mass is 10.0. The zero-order chi connectivity index (χ0) is 56.4. The summed E-state index contributed by atoms with van der Waals surface area (Å²) in [5.74, 6) is -0.0969. The van der Waals surface area contributed by atoms with Crippen molar-refractivity contribution >= 4 is 11.9 Å². The first-order chi connectivity index (χ1) is 38.5. The molecule has 0 spiro atoms. The van der Waals surface area contributed by atoms with Gasteiger partial charge in [0.25, 0.3) is 0 Å². The van der Waals surface area contributed by atoms with Crippen molar-refractivity contribution in [3.8, 4) is 0 Å². The lowest BCUT2D eigenvalue weighted by Gasteiger charge is -2.20. The second-order valence-corrected chi connectivity index (χ2v) is 23.5. The standard InChI is InChI=1S/C72H133NO5/c1-3-5-7-9-11-13-15-17-19-21-23-24-25-26-27-29-32-36-40-44-48-52-56-60-64-70(75)69(68-74)73-71(76)65-61-57-53-49-45-41-37-33-30-28-31-35-39-43-47-51-55-59-63-67-78-72(77)66-62-58-54-50-46-42-38-34-22-20-18-16-14-12-10-8-6-4-2/h14,16,20,22,35,39,43,47,60,64,69-70,74-75H,3-13,15,17-19,21,23-34,36-38,40-42,44-46,48-59,61-63,65-68H2,1-2H3,(H,73,76)/b16-14-,22-20-,39-35-,47-43-,64-60+. The first-order valence-corrected chi connectivity index (χ1v) is 34.6. The van der Waals surface area contributed by atoms with Crippen molar-refractivity contribution in [2.24, 2.45) is 0 Å². The fourth-order valence-electron chi connectivity index (χ4n) is 10.5. The van der Waals surface area contributed by atoms with Crippen molar-refractivity contribution in [1.82, 2.24) is 5.32 Å². The molecule has 456 valence electrons. The molecule has 6 nitrogen and oxygen atoms in total. The number of ether oxygens (including phenoxy) is 1. The Hall–Kier alpha value is -2.44. The zero-order valence-electron chi connectivity index (χ0n) is 52.1. The molecule has 0 fully saturated rings. The number of allylic oxidation sites excluding steroid dienone is 9. The Bertz CT molecular complexity index is 1350. The molecule has 6 heteroatoms. The van der Waals surface area contributed by atoms with Crippen LogP contribution < -0.4 is 5.32 Å². The van der Waals surface area contributed by atoms with Crippen molar-refractivity contribution < 1.29 is 24.5 Å². The Balaban J connectivity index is 3.50. The molecule has 2 unspecified atom stereocenters. The van der Waals surface area contributed by atoms with Crippen molar-refractivity contribution in [2.75, 3.05) is 13.2 Å². The van der Waals surface area contributed by atoms with E-state index >= 15 is 0 Å². The summed E-state index contributed by atoms with van der Waals surface area (Å²) in [6, 6.07) is -0.639. The quantitative estimate of drug-likeness (QED) is 0.0244. The van der Waals surface area contributed by atoms with Gasteiger partial charge in [-0.15, -0.1) is 0 Å². The summed E-state index contributed by atoms with van der Waals surface area (Å²) in [7, 11) is 0. The van der Waals surface area contributed by atoms with Crippen molar-refractivity contribution in [2.45, 2.75) is 373 Å². The van der Waals surface area contributed by atoms with Gasteiger partial charge in [-0.25, -0.2) is 0 Å². The van der Waals surface area contributed by atoms with Crippen LogP contribution >= 0.6 is 0 Å². The third-order valence-corrected chi connectivity index (χ3v) is 15.8. The molecule has 0 bridgehead atoms. The van der Waals surface area contributed by atoms with Crippen LogP contribution in [0.5, 0.6) is 0 Å². The lowest BCUT2D eigenvalue weighted by molar-refractivity contribution is -0.143. The average molecular weight is 1090 g/mol. The number of rotatable bonds is 64. The van der Waals surface area contributed by atoms with E-state index in [1.165, 1.54) is 250 Å². The molecule has 0 radical (unpaired) electrons. The highest BCUT2D eigenvalue weighted by molar-refractivity contribution is 5.76. The predicted molar refractivity (Wildman–Crippen MR) is 342 cm³/mol. The number of unbranched alkanes of at least 4 members (excludes halogenated alkanes) is 46. The van der Waals surface area contributed by atoms with Crippen LogP contribution in [0.1, 0.15) is 361 Å². The Kier molecular flexibility index (Phi) is 65.0. The van der Waals surface area contributed by atoms with Crippen LogP contribution in [0.2, 0.25) is 0 Å². The summed E-state index contributed by atoms with van der Waals surface area (Å²) < 4.78 is 5.47. The molecule has 78 heavy (non-hydrogen) atoms. The van der Waals surface area contributed by atoms with E-state index in [-0.39, 0.29) is 18.5 Å². The number of carbonyl (C=O) groups is 2. The molecular formula is C72H133NO5. The first kappa shape index (κ1) is 75.6. The van der Waals surface area contributed by atoms with Crippen LogP contribution in [0.3, 0.4) is 0 Å². The zero-order valence-corrected chi connectivity index (χ0v) is 52.1. The molecule has 0 aliphatic carbocycles. The summed E-state index contributed by atoms with van der Waals surface area (Å²) in [6.07, 6.45) is 88.5. The number of nitrogens with one attached hydrogen (secondary N) is 1. The van der Waals surface area contributed by atoms with Gasteiger partial charge in [-0.2, -0.15) is 0 Å². The largest absolute Gasteiger partial charge is 0.466 e. The lowest BCUT2D eigenvalue weighted by Crippen LogP contribution is -2.45. The smallest absolute Gasteiger partial charge is 0.305 e. The summed E-state index contributed by atoms with van der Waals surface area (Å²) >= 11 is 0. The number of hydrogen-bond acceptors (Lipinski definition) is 5. The van der Waals surface area contributed by atoms with Crippen LogP contribution in [-0.2, 0) is 14.3 Å². The fraction of sp³-hybridized carbons (Fsp3) is 0.833. The summed E-state index contributed by atoms with van der Waals surface area (Å²) in [5, 5.41) is 23.3. The average Bonchev–Trinajstić information content (AvgIpc) is 3.44. The van der Waals surface area contributed by atoms with Gasteiger partial charge in [-0.1, -0.05) is 312 Å². The van der Waals surface area contributed by atoms with Crippen LogP contribution in [0.4, 0.5) is 0 Å². The van der Waals surface area contributed by atoms with Gasteiger partial charge in [-0.05, 0) is 96.3 Å². The molecule has 0 aromatic carbocycles. The Labute approximate surface area is 486 Å². The summed E-state index contributed by atoms with van der Waals surface area (Å²) in [6.45, 7) is 4.87. The third kappa shape index (κ3) is 62.8. The maximum absolute atomic E-state index is 12.5. The number of amides is 1. The van der Waals surface area contributed by atoms with Crippen molar-refractivity contribution in [3.63, 3.8) is 0 Å². The van der Waals surface area contributed by atoms with E-state index in [4.69, 9.17) is 4.74 Å². The van der Waals surface area contributed by atoms with Gasteiger partial charge in [0.2, 0.25) is 5.91 Å². The highest BCUT2D eigenvalue weighted by Crippen LogP contribution is 2.18. The Morgan fingerprint density at radius 2 is 0.679 bits per heavy atom. The van der Waals surface area contributed by atoms with Gasteiger partial charge in [-0.3, -0.25) is 9.59 Å². The van der Waals surface area contributed by atoms with Crippen molar-refractivity contribution in [1.29, 1.82) is 0 Å². The highest BCUT2D eigenvalue weighted by atomic mass is 16.5. The molecule has 0 heterocycles. The fourth-order valence-corrected chi connectivity index (χ4v) is 10.5. The molecular weight excluding hydrogens is 959 g/mol. The normalized spacial score (nSPS) is 12.9. The van der Waals surface area contributed by atoms with E-state index < -0.39 is 12.1 Å². The van der Waals surface area contributed by atoms with Gasteiger partial charge >= 0.3 is 5.97 Å². The SMILES string of the molecule is CCCCCC/C=C\C/C=C\CCCCCCCCCC(=O)OCCCCC/C=C\C=C/CCCCCCCCCCCCC(=O)NC(CO)C(O)/C=C/CCCCCCCCCCCCCCCCCCCCCCCC. The van der Waals surface area contributed by atoms with E-state index in [9.17, 15) is 19.8 Å². The monoisotopic (exact) mass is 1090 g/mol. The van der Waals surface area contributed by atoms with Crippen LogP contribution in [0, 0.1) is 0 Å². The molecule has 0 saturated carbocycles. The molecule has 0 aromatic heterocycles. The van der Waals surface area contributed by atoms with E-state index in [1.54, 1.807) is 6.08 Å². The molecule has 0 aliphatic rings. The van der Waals surface area contributed by atoms with Crippen molar-refractivity contribution in [3.05, 3.63) is 60.8 Å². The van der Waals surface area contributed by atoms with Crippen LogP contribution in [0.25, 0.3) is 0 Å². The molecule has 0 saturated heterocycles. The van der Waals surface area contributed by atoms with E-state index in [1.807, 2.05) is 6.08 Å². The Morgan fingerprint density at radius 3 is 1.06 bits per heavy atom. The first-order valence-electron chi connectivity index (χ1n) is 34.6. The number of esters is 1. The van der Waals surface area contributed by atoms with Crippen LogP contribution in [0.15, 0.2) is 60.8 Å². The van der Waals surface area contributed by atoms with Gasteiger partial charge in [0, 0.05) is 12.8 Å². The van der Waals surface area contributed by atoms with E-state index in [2.05, 4.69) is 67.8 Å². The maximum atomic E-state index is 12.5. The predicted octanol–water partition coefficient (Wildman–Crippen LogP) is 22.3. The summed E-state index contributed by atoms with van der Waals surface area (Å²) in [4.78, 5) is 24.6. The van der Waals surface area contributed by atoms with Gasteiger partial charge in [0.15, 0.2) is 0 Å². The third-order valence-electron chi connectivity index (χ3n) is 15.8. The van der Waals surface area contributed by atoms with Gasteiger partial charge in [0.1, 0.15) is 0 Å². The number of aliphatic hydroxyl groups excluding tert-OH is 2. The van der Waals surface area contributed by atoms with Crippen LogP contribution in [-0.4, -0.2) is 47.4 Å². The number of aliphatic hydroxyl groups is 2. The molecule has 1 amide bonds. The van der Waals surface area contributed by atoms with Gasteiger partial charge in [0.05, 0.1) is 25.4 Å². The minimum atomic E-state index is -0.855. The minimum absolute atomic E-state index is 0.0214. The second kappa shape index (κ2) is 67.1. The maximum Gasteiger partial charge on any atom is 0.305 e. The summed E-state index contributed by atoms with van der Waals surface area (Å²) in [5.41, 5.74) is 0. The molecule has 0 aromatic rings. The van der Waals surface area contributed by atoms with E-state index in [0.29, 0.717) is 19.4 Å². The number of carbonyl (C=O) groups excluding carboxylic acids is 2. The molecule has 2 atom stereocenters. The second-order valence-electron chi connectivity index (χ2n) is 23.5. The van der Waals surface area contributed by atoms with E-state index in [0.717, 1.165) is 83.5 Å². The minimum Gasteiger partial charge on any atom is -0.466 e.